The number of carbonyl (C=O) groups is 1. The predicted molar refractivity (Wildman–Crippen MR) is 109 cm³/mol. The molecule has 0 unspecified atom stereocenters. The predicted octanol–water partition coefficient (Wildman–Crippen LogP) is 3.14. The fraction of sp³-hybridized carbons (Fsp3) is 0.200. The molecule has 1 heterocycles. The lowest BCUT2D eigenvalue weighted by Crippen LogP contribution is -2.47. The minimum Gasteiger partial charge on any atom is -0.361 e. The fourth-order valence-corrected chi connectivity index (χ4v) is 2.95. The summed E-state index contributed by atoms with van der Waals surface area (Å²) in [6.07, 6.45) is 0.861. The molecular weight excluding hydrogens is 344 g/mol. The average molecular weight is 366 g/mol. The Bertz CT molecular complexity index is 934. The number of carbonyl (C=O) groups excluding carboxylic acids is 1. The number of benzene rings is 2. The standard InChI is InChI=1S/C20H22N4OS/c1-13-14(2)22-18-9-8-16(12-17(13)18)19(25)23-24-20(26)21-11-10-15-6-4-3-5-7-15/h3-9,12,22H,10-11H2,1-2H3,(H,23,25)(H2,21,24,26). The molecule has 3 aromatic rings. The van der Waals surface area contributed by atoms with E-state index in [4.69, 9.17) is 12.2 Å². The van der Waals surface area contributed by atoms with Crippen LogP contribution in [-0.2, 0) is 6.42 Å². The fourth-order valence-electron chi connectivity index (χ4n) is 2.80. The number of rotatable bonds is 4. The van der Waals surface area contributed by atoms with Crippen LogP contribution in [-0.4, -0.2) is 22.5 Å². The van der Waals surface area contributed by atoms with E-state index in [0.717, 1.165) is 28.6 Å². The summed E-state index contributed by atoms with van der Waals surface area (Å²) in [4.78, 5) is 15.6. The van der Waals surface area contributed by atoms with Gasteiger partial charge in [-0.2, -0.15) is 0 Å². The normalized spacial score (nSPS) is 10.5. The number of thiocarbonyl (C=S) groups is 1. The van der Waals surface area contributed by atoms with Gasteiger partial charge in [-0.25, -0.2) is 0 Å². The summed E-state index contributed by atoms with van der Waals surface area (Å²) in [7, 11) is 0. The first-order valence-electron chi connectivity index (χ1n) is 8.51. The SMILES string of the molecule is Cc1[nH]c2ccc(C(=O)NNC(=S)NCCc3ccccc3)cc2c1C. The zero-order valence-electron chi connectivity index (χ0n) is 14.8. The van der Waals surface area contributed by atoms with Crippen molar-refractivity contribution < 1.29 is 4.79 Å². The molecule has 0 radical (unpaired) electrons. The van der Waals surface area contributed by atoms with Crippen molar-refractivity contribution in [1.29, 1.82) is 0 Å². The molecule has 1 amide bonds. The quantitative estimate of drug-likeness (QED) is 0.423. The Morgan fingerprint density at radius 2 is 1.85 bits per heavy atom. The van der Waals surface area contributed by atoms with Crippen molar-refractivity contribution in [3.8, 4) is 0 Å². The molecule has 0 saturated heterocycles. The minimum atomic E-state index is -0.225. The molecule has 0 aliphatic heterocycles. The number of hydrogen-bond donors (Lipinski definition) is 4. The van der Waals surface area contributed by atoms with Crippen molar-refractivity contribution >= 4 is 34.1 Å². The lowest BCUT2D eigenvalue weighted by atomic mass is 10.1. The summed E-state index contributed by atoms with van der Waals surface area (Å²) < 4.78 is 0. The number of aromatic amines is 1. The van der Waals surface area contributed by atoms with E-state index in [9.17, 15) is 4.79 Å². The van der Waals surface area contributed by atoms with E-state index in [1.54, 1.807) is 6.07 Å². The van der Waals surface area contributed by atoms with E-state index >= 15 is 0 Å². The third kappa shape index (κ3) is 4.21. The zero-order valence-corrected chi connectivity index (χ0v) is 15.7. The number of fused-ring (bicyclic) bond motifs is 1. The van der Waals surface area contributed by atoms with Gasteiger partial charge in [-0.15, -0.1) is 0 Å². The molecule has 2 aromatic carbocycles. The van der Waals surface area contributed by atoms with Crippen molar-refractivity contribution in [2.75, 3.05) is 6.54 Å². The molecule has 0 atom stereocenters. The van der Waals surface area contributed by atoms with Crippen molar-refractivity contribution in [2.24, 2.45) is 0 Å². The highest BCUT2D eigenvalue weighted by Crippen LogP contribution is 2.22. The Kier molecular flexibility index (Phi) is 5.53. The summed E-state index contributed by atoms with van der Waals surface area (Å²) in [5, 5.41) is 4.53. The maximum Gasteiger partial charge on any atom is 0.269 e. The van der Waals surface area contributed by atoms with Crippen LogP contribution in [0.4, 0.5) is 0 Å². The first kappa shape index (κ1) is 17.9. The monoisotopic (exact) mass is 366 g/mol. The third-order valence-corrected chi connectivity index (χ3v) is 4.65. The van der Waals surface area contributed by atoms with Gasteiger partial charge in [-0.3, -0.25) is 15.6 Å². The first-order valence-corrected chi connectivity index (χ1v) is 8.92. The number of hydrazine groups is 1. The van der Waals surface area contributed by atoms with Crippen LogP contribution >= 0.6 is 12.2 Å². The molecule has 26 heavy (non-hydrogen) atoms. The maximum atomic E-state index is 12.3. The van der Waals surface area contributed by atoms with E-state index in [2.05, 4.69) is 33.3 Å². The van der Waals surface area contributed by atoms with Crippen molar-refractivity contribution in [3.05, 3.63) is 70.9 Å². The van der Waals surface area contributed by atoms with Gasteiger partial charge >= 0.3 is 0 Å². The number of amides is 1. The van der Waals surface area contributed by atoms with E-state index in [0.29, 0.717) is 17.2 Å². The summed E-state index contributed by atoms with van der Waals surface area (Å²) in [6, 6.07) is 15.7. The summed E-state index contributed by atoms with van der Waals surface area (Å²) in [6.45, 7) is 4.76. The van der Waals surface area contributed by atoms with Crippen molar-refractivity contribution in [3.63, 3.8) is 0 Å². The second-order valence-corrected chi connectivity index (χ2v) is 6.61. The second kappa shape index (κ2) is 8.01. The zero-order chi connectivity index (χ0) is 18.5. The molecule has 1 aromatic heterocycles. The molecule has 3 rings (SSSR count). The van der Waals surface area contributed by atoms with Crippen LogP contribution in [0.15, 0.2) is 48.5 Å². The highest BCUT2D eigenvalue weighted by atomic mass is 32.1. The molecule has 0 fully saturated rings. The van der Waals surface area contributed by atoms with E-state index in [-0.39, 0.29) is 5.91 Å². The number of aromatic nitrogens is 1. The Labute approximate surface area is 158 Å². The molecule has 0 saturated carbocycles. The Morgan fingerprint density at radius 3 is 2.62 bits per heavy atom. The van der Waals surface area contributed by atoms with Crippen LogP contribution in [0.5, 0.6) is 0 Å². The highest BCUT2D eigenvalue weighted by molar-refractivity contribution is 7.80. The second-order valence-electron chi connectivity index (χ2n) is 6.21. The molecule has 4 N–H and O–H groups in total. The van der Waals surface area contributed by atoms with Gasteiger partial charge in [0, 0.05) is 28.7 Å². The van der Waals surface area contributed by atoms with Crippen LogP contribution in [0.3, 0.4) is 0 Å². The van der Waals surface area contributed by atoms with Crippen LogP contribution < -0.4 is 16.2 Å². The average Bonchev–Trinajstić information content (AvgIpc) is 2.94. The van der Waals surface area contributed by atoms with Gasteiger partial charge in [0.15, 0.2) is 5.11 Å². The number of nitrogens with one attached hydrogen (secondary N) is 4. The number of H-pyrrole nitrogens is 1. The lowest BCUT2D eigenvalue weighted by molar-refractivity contribution is 0.0944. The van der Waals surface area contributed by atoms with Gasteiger partial charge < -0.3 is 10.3 Å². The Hall–Kier alpha value is -2.86. The Morgan fingerprint density at radius 1 is 1.08 bits per heavy atom. The Balaban J connectivity index is 1.50. The minimum absolute atomic E-state index is 0.225. The van der Waals surface area contributed by atoms with Gasteiger partial charge in [-0.1, -0.05) is 30.3 Å². The maximum absolute atomic E-state index is 12.3. The summed E-state index contributed by atoms with van der Waals surface area (Å²) in [5.74, 6) is -0.225. The van der Waals surface area contributed by atoms with Gasteiger partial charge in [-0.05, 0) is 61.8 Å². The molecule has 0 spiro atoms. The lowest BCUT2D eigenvalue weighted by Gasteiger charge is -2.11. The van der Waals surface area contributed by atoms with E-state index in [1.807, 2.05) is 44.2 Å². The van der Waals surface area contributed by atoms with Crippen LogP contribution in [0.1, 0.15) is 27.2 Å². The van der Waals surface area contributed by atoms with Crippen molar-refractivity contribution in [1.82, 2.24) is 21.2 Å². The van der Waals surface area contributed by atoms with Crippen LogP contribution in [0.2, 0.25) is 0 Å². The smallest absolute Gasteiger partial charge is 0.269 e. The topological polar surface area (TPSA) is 69.0 Å². The highest BCUT2D eigenvalue weighted by Gasteiger charge is 2.10. The van der Waals surface area contributed by atoms with Gasteiger partial charge in [0.05, 0.1) is 0 Å². The van der Waals surface area contributed by atoms with E-state index in [1.165, 1.54) is 5.56 Å². The van der Waals surface area contributed by atoms with Crippen LogP contribution in [0.25, 0.3) is 10.9 Å². The molecule has 0 bridgehead atoms. The molecule has 5 nitrogen and oxygen atoms in total. The van der Waals surface area contributed by atoms with Crippen molar-refractivity contribution in [2.45, 2.75) is 20.3 Å². The molecule has 6 heteroatoms. The summed E-state index contributed by atoms with van der Waals surface area (Å²) >= 11 is 5.20. The summed E-state index contributed by atoms with van der Waals surface area (Å²) in [5.41, 5.74) is 10.5. The third-order valence-electron chi connectivity index (χ3n) is 4.40. The molecule has 0 aliphatic rings. The number of aryl methyl sites for hydroxylation is 2. The van der Waals surface area contributed by atoms with Crippen LogP contribution in [0, 0.1) is 13.8 Å². The first-order chi connectivity index (χ1) is 12.5. The number of hydrogen-bond acceptors (Lipinski definition) is 2. The molecular formula is C20H22N4OS. The van der Waals surface area contributed by atoms with Gasteiger partial charge in [0.25, 0.3) is 5.91 Å². The largest absolute Gasteiger partial charge is 0.361 e. The van der Waals surface area contributed by atoms with Gasteiger partial charge in [0.2, 0.25) is 0 Å². The van der Waals surface area contributed by atoms with E-state index < -0.39 is 0 Å². The molecule has 134 valence electrons. The van der Waals surface area contributed by atoms with Gasteiger partial charge in [0.1, 0.15) is 0 Å². The molecule has 0 aliphatic carbocycles.